The Morgan fingerprint density at radius 3 is 2.70 bits per heavy atom. The number of methoxy groups -OCH3 is 1. The smallest absolute Gasteiger partial charge is 0.303 e. The van der Waals surface area contributed by atoms with Gasteiger partial charge in [0.1, 0.15) is 0 Å². The van der Waals surface area contributed by atoms with E-state index in [9.17, 15) is 14.4 Å². The Labute approximate surface area is 117 Å². The van der Waals surface area contributed by atoms with Crippen molar-refractivity contribution in [1.29, 1.82) is 0 Å². The van der Waals surface area contributed by atoms with E-state index in [2.05, 4.69) is 0 Å². The number of allylic oxidation sites excluding steroid dienone is 4. The summed E-state index contributed by atoms with van der Waals surface area (Å²) in [5, 5.41) is 9.09. The van der Waals surface area contributed by atoms with Crippen molar-refractivity contribution in [2.24, 2.45) is 17.3 Å². The Kier molecular flexibility index (Phi) is 3.54. The molecule has 0 aromatic rings. The van der Waals surface area contributed by atoms with Crippen LogP contribution in [0.1, 0.15) is 26.7 Å². The molecule has 0 radical (unpaired) electrons. The van der Waals surface area contributed by atoms with E-state index in [0.29, 0.717) is 6.42 Å². The molecule has 0 amide bonds. The average Bonchev–Trinajstić information content (AvgIpc) is 2.38. The predicted octanol–water partition coefficient (Wildman–Crippen LogP) is 1.73. The van der Waals surface area contributed by atoms with Gasteiger partial charge in [-0.25, -0.2) is 0 Å². The fraction of sp³-hybridized carbons (Fsp3) is 0.533. The molecule has 3 atom stereocenters. The zero-order chi connectivity index (χ0) is 15.1. The minimum atomic E-state index is -1.03. The average molecular weight is 278 g/mol. The van der Waals surface area contributed by atoms with Gasteiger partial charge >= 0.3 is 5.97 Å². The molecule has 0 aliphatic heterocycles. The summed E-state index contributed by atoms with van der Waals surface area (Å²) in [5.74, 6) is -2.36. The van der Waals surface area contributed by atoms with Gasteiger partial charge in [0.05, 0.1) is 18.9 Å². The van der Waals surface area contributed by atoms with Crippen molar-refractivity contribution in [2.75, 3.05) is 7.11 Å². The maximum atomic E-state index is 12.6. The molecule has 0 aromatic carbocycles. The van der Waals surface area contributed by atoms with Gasteiger partial charge in [-0.1, -0.05) is 18.6 Å². The van der Waals surface area contributed by atoms with Crippen LogP contribution in [0.5, 0.6) is 0 Å². The number of hydrogen-bond acceptors (Lipinski definition) is 4. The molecule has 0 spiro atoms. The van der Waals surface area contributed by atoms with Crippen molar-refractivity contribution >= 4 is 17.5 Å². The molecule has 2 aliphatic carbocycles. The second-order valence-electron chi connectivity index (χ2n) is 5.61. The van der Waals surface area contributed by atoms with Crippen LogP contribution in [-0.2, 0) is 19.1 Å². The molecular formula is C15H18O5. The first kappa shape index (κ1) is 14.5. The molecule has 0 unspecified atom stereocenters. The van der Waals surface area contributed by atoms with Crippen LogP contribution in [0.25, 0.3) is 0 Å². The Morgan fingerprint density at radius 1 is 1.50 bits per heavy atom. The molecule has 2 rings (SSSR count). The lowest BCUT2D eigenvalue weighted by molar-refractivity contribution is -0.147. The molecule has 0 saturated carbocycles. The summed E-state index contributed by atoms with van der Waals surface area (Å²) in [4.78, 5) is 35.9. The lowest BCUT2D eigenvalue weighted by Gasteiger charge is -2.46. The molecule has 5 nitrogen and oxygen atoms in total. The topological polar surface area (TPSA) is 80.7 Å². The van der Waals surface area contributed by atoms with Crippen molar-refractivity contribution in [2.45, 2.75) is 26.7 Å². The number of carboxylic acid groups (broad SMARTS) is 1. The summed E-state index contributed by atoms with van der Waals surface area (Å²) in [6.07, 6.45) is 3.42. The first-order valence-electron chi connectivity index (χ1n) is 6.55. The van der Waals surface area contributed by atoms with E-state index < -0.39 is 23.2 Å². The minimum absolute atomic E-state index is 0.0267. The molecule has 108 valence electrons. The third kappa shape index (κ3) is 1.97. The van der Waals surface area contributed by atoms with Crippen LogP contribution in [0, 0.1) is 17.3 Å². The monoisotopic (exact) mass is 278 g/mol. The van der Waals surface area contributed by atoms with E-state index in [0.717, 1.165) is 5.57 Å². The molecule has 20 heavy (non-hydrogen) atoms. The molecule has 0 aromatic heterocycles. The molecule has 0 fully saturated rings. The number of rotatable bonds is 3. The highest BCUT2D eigenvalue weighted by Gasteiger charge is 2.55. The highest BCUT2D eigenvalue weighted by Crippen LogP contribution is 2.51. The first-order valence-corrected chi connectivity index (χ1v) is 6.55. The van der Waals surface area contributed by atoms with E-state index in [1.54, 1.807) is 6.92 Å². The lowest BCUT2D eigenvalue weighted by atomic mass is 9.55. The summed E-state index contributed by atoms with van der Waals surface area (Å²) in [5.41, 5.74) is -0.182. The molecule has 0 heterocycles. The van der Waals surface area contributed by atoms with Gasteiger partial charge in [0.25, 0.3) is 0 Å². The molecule has 0 saturated heterocycles. The largest absolute Gasteiger partial charge is 0.493 e. The number of aliphatic carboxylic acids is 1. The van der Waals surface area contributed by atoms with Crippen LogP contribution < -0.4 is 0 Å². The number of carbonyl (C=O) groups is 3. The maximum absolute atomic E-state index is 12.6. The number of Topliss-reactive ketones (excluding diaryl/α,β-unsaturated/α-hetero) is 1. The number of hydrogen-bond donors (Lipinski definition) is 1. The van der Waals surface area contributed by atoms with Gasteiger partial charge in [-0.05, 0) is 13.3 Å². The quantitative estimate of drug-likeness (QED) is 0.795. The van der Waals surface area contributed by atoms with Gasteiger partial charge < -0.3 is 9.84 Å². The normalized spacial score (nSPS) is 33.1. The van der Waals surface area contributed by atoms with Gasteiger partial charge in [-0.2, -0.15) is 0 Å². The van der Waals surface area contributed by atoms with Gasteiger partial charge in [0.15, 0.2) is 11.5 Å². The van der Waals surface area contributed by atoms with Crippen molar-refractivity contribution in [3.05, 3.63) is 23.5 Å². The van der Waals surface area contributed by atoms with E-state index in [-0.39, 0.29) is 23.7 Å². The summed E-state index contributed by atoms with van der Waals surface area (Å²) >= 11 is 0. The maximum Gasteiger partial charge on any atom is 0.303 e. The van der Waals surface area contributed by atoms with E-state index in [4.69, 9.17) is 9.84 Å². The standard InChI is InChI=1S/C15H18O5/c1-8-4-5-9-11(16)7-12(20-3)14(19)15(9,2)10(8)6-13(17)18/h4,7,9-10H,5-6H2,1-3H3,(H,17,18)/t9-,10+,15-/m0/s1. The molecule has 0 bridgehead atoms. The zero-order valence-corrected chi connectivity index (χ0v) is 11.8. The van der Waals surface area contributed by atoms with E-state index in [1.807, 2.05) is 13.0 Å². The molecule has 1 N–H and O–H groups in total. The SMILES string of the molecule is COC1=CC(=O)[C@@H]2CC=C(C)[C@@H](CC(=O)O)[C@@]2(C)C1=O. The van der Waals surface area contributed by atoms with Crippen LogP contribution in [0.2, 0.25) is 0 Å². The van der Waals surface area contributed by atoms with Crippen LogP contribution in [0.3, 0.4) is 0 Å². The Morgan fingerprint density at radius 2 is 2.15 bits per heavy atom. The van der Waals surface area contributed by atoms with Crippen LogP contribution >= 0.6 is 0 Å². The second-order valence-corrected chi connectivity index (χ2v) is 5.61. The summed E-state index contributed by atoms with van der Waals surface area (Å²) in [7, 11) is 1.35. The third-order valence-electron chi connectivity index (χ3n) is 4.60. The van der Waals surface area contributed by atoms with Gasteiger partial charge in [-0.15, -0.1) is 0 Å². The van der Waals surface area contributed by atoms with Gasteiger partial charge in [0, 0.05) is 17.9 Å². The number of ketones is 2. The van der Waals surface area contributed by atoms with E-state index in [1.165, 1.54) is 13.2 Å². The van der Waals surface area contributed by atoms with Gasteiger partial charge in [-0.3, -0.25) is 14.4 Å². The fourth-order valence-corrected chi connectivity index (χ4v) is 3.39. The fourth-order valence-electron chi connectivity index (χ4n) is 3.39. The summed E-state index contributed by atoms with van der Waals surface area (Å²) < 4.78 is 5.00. The number of ether oxygens (including phenoxy) is 1. The van der Waals surface area contributed by atoms with E-state index >= 15 is 0 Å². The van der Waals surface area contributed by atoms with Crippen molar-refractivity contribution < 1.29 is 24.2 Å². The second kappa shape index (κ2) is 4.89. The summed E-state index contributed by atoms with van der Waals surface area (Å²) in [6.45, 7) is 3.51. The Balaban J connectivity index is 2.54. The molecular weight excluding hydrogens is 260 g/mol. The minimum Gasteiger partial charge on any atom is -0.493 e. The predicted molar refractivity (Wildman–Crippen MR) is 70.8 cm³/mol. The van der Waals surface area contributed by atoms with Crippen molar-refractivity contribution in [1.82, 2.24) is 0 Å². The molecule has 5 heteroatoms. The van der Waals surface area contributed by atoms with Crippen LogP contribution in [0.4, 0.5) is 0 Å². The first-order chi connectivity index (χ1) is 9.32. The number of carbonyl (C=O) groups excluding carboxylic acids is 2. The zero-order valence-electron chi connectivity index (χ0n) is 11.8. The van der Waals surface area contributed by atoms with Crippen molar-refractivity contribution in [3.63, 3.8) is 0 Å². The van der Waals surface area contributed by atoms with Crippen molar-refractivity contribution in [3.8, 4) is 0 Å². The number of fused-ring (bicyclic) bond motifs is 1. The highest BCUT2D eigenvalue weighted by atomic mass is 16.5. The van der Waals surface area contributed by atoms with Crippen LogP contribution in [0.15, 0.2) is 23.5 Å². The third-order valence-corrected chi connectivity index (χ3v) is 4.60. The Bertz CT molecular complexity index is 542. The Hall–Kier alpha value is -1.91. The number of carboxylic acids is 1. The highest BCUT2D eigenvalue weighted by molar-refractivity contribution is 6.12. The van der Waals surface area contributed by atoms with Gasteiger partial charge in [0.2, 0.25) is 5.78 Å². The van der Waals surface area contributed by atoms with Crippen LogP contribution in [-0.4, -0.2) is 29.8 Å². The summed E-state index contributed by atoms with van der Waals surface area (Å²) in [6, 6.07) is 0. The lowest BCUT2D eigenvalue weighted by Crippen LogP contribution is -2.51. The molecule has 2 aliphatic rings.